The highest BCUT2D eigenvalue weighted by Crippen LogP contribution is 2.27. The van der Waals surface area contributed by atoms with Crippen LogP contribution in [-0.2, 0) is 4.74 Å². The van der Waals surface area contributed by atoms with Crippen LogP contribution in [-0.4, -0.2) is 40.9 Å². The normalized spacial score (nSPS) is 11.0. The molecule has 0 bridgehead atoms. The Morgan fingerprint density at radius 2 is 1.74 bits per heavy atom. The van der Waals surface area contributed by atoms with Crippen molar-refractivity contribution in [3.8, 4) is 11.3 Å². The molecular formula is C26H27N5O3. The van der Waals surface area contributed by atoms with Crippen molar-refractivity contribution in [2.24, 2.45) is 0 Å². The zero-order valence-corrected chi connectivity index (χ0v) is 19.9. The monoisotopic (exact) mass is 457 g/mol. The maximum atomic E-state index is 13.4. The zero-order chi connectivity index (χ0) is 24.4. The van der Waals surface area contributed by atoms with Gasteiger partial charge in [0.2, 0.25) is 0 Å². The van der Waals surface area contributed by atoms with E-state index in [0.29, 0.717) is 33.7 Å². The van der Waals surface area contributed by atoms with Crippen LogP contribution in [0.1, 0.15) is 35.8 Å². The quantitative estimate of drug-likeness (QED) is 0.431. The first-order chi connectivity index (χ1) is 16.3. The van der Waals surface area contributed by atoms with Crippen LogP contribution in [0.15, 0.2) is 60.8 Å². The van der Waals surface area contributed by atoms with Crippen molar-refractivity contribution in [1.29, 1.82) is 0 Å². The van der Waals surface area contributed by atoms with E-state index in [1.54, 1.807) is 43.6 Å². The average molecular weight is 458 g/mol. The molecule has 0 unspecified atom stereocenters. The van der Waals surface area contributed by atoms with Gasteiger partial charge in [0, 0.05) is 30.0 Å². The molecule has 8 nitrogen and oxygen atoms in total. The highest BCUT2D eigenvalue weighted by molar-refractivity contribution is 6.12. The number of aryl methyl sites for hydroxylation is 1. The number of pyridine rings is 1. The molecule has 0 atom stereocenters. The Hall–Kier alpha value is -4.20. The second kappa shape index (κ2) is 9.35. The number of amides is 2. The average Bonchev–Trinajstić information content (AvgIpc) is 3.27. The number of carbonyl (C=O) groups excluding carboxylic acids is 2. The van der Waals surface area contributed by atoms with Gasteiger partial charge in [-0.3, -0.25) is 9.69 Å². The summed E-state index contributed by atoms with van der Waals surface area (Å²) in [6.45, 7) is 6.08. The molecule has 1 N–H and O–H groups in total. The fourth-order valence-electron chi connectivity index (χ4n) is 3.67. The van der Waals surface area contributed by atoms with E-state index in [1.807, 2.05) is 49.7 Å². The third-order valence-electron chi connectivity index (χ3n) is 5.61. The zero-order valence-electron chi connectivity index (χ0n) is 19.9. The number of fused-ring (bicyclic) bond motifs is 1. The van der Waals surface area contributed by atoms with E-state index in [2.05, 4.69) is 10.4 Å². The van der Waals surface area contributed by atoms with E-state index < -0.39 is 6.09 Å². The van der Waals surface area contributed by atoms with Gasteiger partial charge in [0.1, 0.15) is 0 Å². The van der Waals surface area contributed by atoms with Gasteiger partial charge in [0.05, 0.1) is 30.0 Å². The van der Waals surface area contributed by atoms with Crippen LogP contribution < -0.4 is 10.2 Å². The summed E-state index contributed by atoms with van der Waals surface area (Å²) in [6.07, 6.45) is 1.21. The van der Waals surface area contributed by atoms with Gasteiger partial charge in [0.15, 0.2) is 5.65 Å². The third kappa shape index (κ3) is 4.47. The Bertz CT molecular complexity index is 1340. The molecule has 0 aliphatic carbocycles. The number of rotatable bonds is 5. The van der Waals surface area contributed by atoms with Crippen LogP contribution in [0.5, 0.6) is 0 Å². The minimum Gasteiger partial charge on any atom is -0.452 e. The Kier molecular flexibility index (Phi) is 6.32. The lowest BCUT2D eigenvalue weighted by molar-refractivity contribution is 0.102. The topological polar surface area (TPSA) is 89.3 Å². The predicted octanol–water partition coefficient (Wildman–Crippen LogP) is 5.44. The van der Waals surface area contributed by atoms with Gasteiger partial charge in [0.25, 0.3) is 5.91 Å². The molecule has 2 aromatic carbocycles. The highest BCUT2D eigenvalue weighted by Gasteiger charge is 2.19. The summed E-state index contributed by atoms with van der Waals surface area (Å²) < 4.78 is 6.56. The molecule has 34 heavy (non-hydrogen) atoms. The molecule has 0 radical (unpaired) electrons. The molecule has 2 heterocycles. The molecule has 0 spiro atoms. The molecule has 2 amide bonds. The number of hydrogen-bond donors (Lipinski definition) is 1. The molecule has 4 rings (SSSR count). The fraction of sp³-hybridized carbons (Fsp3) is 0.231. The van der Waals surface area contributed by atoms with Gasteiger partial charge in [-0.15, -0.1) is 0 Å². The van der Waals surface area contributed by atoms with Crippen LogP contribution in [0.3, 0.4) is 0 Å². The SMILES string of the molecule is COC(=O)N(C)c1ccc(NC(=O)c2cc(-c3ccc(C)cc3)nc3c2cnn3C(C)C)cc1. The Balaban J connectivity index is 1.70. The summed E-state index contributed by atoms with van der Waals surface area (Å²) in [5, 5.41) is 8.11. The van der Waals surface area contributed by atoms with Gasteiger partial charge in [-0.25, -0.2) is 14.5 Å². The molecule has 0 fully saturated rings. The fourth-order valence-corrected chi connectivity index (χ4v) is 3.67. The first-order valence-electron chi connectivity index (χ1n) is 11.0. The second-order valence-electron chi connectivity index (χ2n) is 8.37. The number of ether oxygens (including phenoxy) is 1. The van der Waals surface area contributed by atoms with Gasteiger partial charge in [-0.1, -0.05) is 29.8 Å². The first kappa shape index (κ1) is 23.0. The second-order valence-corrected chi connectivity index (χ2v) is 8.37. The van der Waals surface area contributed by atoms with Crippen molar-refractivity contribution >= 4 is 34.4 Å². The summed E-state index contributed by atoms with van der Waals surface area (Å²) in [5.74, 6) is -0.266. The Morgan fingerprint density at radius 3 is 2.35 bits per heavy atom. The van der Waals surface area contributed by atoms with Gasteiger partial charge >= 0.3 is 6.09 Å². The molecule has 8 heteroatoms. The van der Waals surface area contributed by atoms with Gasteiger partial charge in [-0.2, -0.15) is 5.10 Å². The minimum atomic E-state index is -0.471. The number of methoxy groups -OCH3 is 1. The Labute approximate surface area is 198 Å². The van der Waals surface area contributed by atoms with Crippen LogP contribution in [0.2, 0.25) is 0 Å². The van der Waals surface area contributed by atoms with Crippen LogP contribution in [0.4, 0.5) is 16.2 Å². The van der Waals surface area contributed by atoms with E-state index in [1.165, 1.54) is 12.0 Å². The number of hydrogen-bond acceptors (Lipinski definition) is 5. The number of carbonyl (C=O) groups is 2. The standard InChI is InChI=1S/C26H27N5O3/c1-16(2)31-24-22(15-27-31)21(14-23(29-24)18-8-6-17(3)7-9-18)25(32)28-19-10-12-20(13-11-19)30(4)26(33)34-5/h6-16H,1-5H3,(H,28,32). The van der Waals surface area contributed by atoms with Crippen molar-refractivity contribution in [1.82, 2.24) is 14.8 Å². The summed E-state index contributed by atoms with van der Waals surface area (Å²) in [7, 11) is 2.95. The number of aromatic nitrogens is 3. The Morgan fingerprint density at radius 1 is 1.06 bits per heavy atom. The molecule has 0 saturated carbocycles. The molecule has 2 aromatic heterocycles. The lowest BCUT2D eigenvalue weighted by Gasteiger charge is -2.16. The maximum Gasteiger partial charge on any atom is 0.413 e. The lowest BCUT2D eigenvalue weighted by atomic mass is 10.0. The van der Waals surface area contributed by atoms with Crippen molar-refractivity contribution < 1.29 is 14.3 Å². The number of benzene rings is 2. The summed E-state index contributed by atoms with van der Waals surface area (Å²) >= 11 is 0. The van der Waals surface area contributed by atoms with E-state index in [-0.39, 0.29) is 11.9 Å². The molecule has 174 valence electrons. The highest BCUT2D eigenvalue weighted by atomic mass is 16.5. The minimum absolute atomic E-state index is 0.0912. The predicted molar refractivity (Wildman–Crippen MR) is 133 cm³/mol. The number of nitrogens with zero attached hydrogens (tertiary/aromatic N) is 4. The van der Waals surface area contributed by atoms with Gasteiger partial charge < -0.3 is 10.1 Å². The van der Waals surface area contributed by atoms with Crippen LogP contribution in [0, 0.1) is 6.92 Å². The van der Waals surface area contributed by atoms with Crippen molar-refractivity contribution in [2.45, 2.75) is 26.8 Å². The summed E-state index contributed by atoms with van der Waals surface area (Å²) in [6, 6.07) is 16.9. The largest absolute Gasteiger partial charge is 0.452 e. The molecule has 0 aliphatic rings. The van der Waals surface area contributed by atoms with Gasteiger partial charge in [-0.05, 0) is 51.1 Å². The van der Waals surface area contributed by atoms with Crippen LogP contribution >= 0.6 is 0 Å². The molecule has 0 aliphatic heterocycles. The van der Waals surface area contributed by atoms with Crippen LogP contribution in [0.25, 0.3) is 22.3 Å². The smallest absolute Gasteiger partial charge is 0.413 e. The van der Waals surface area contributed by atoms with Crippen molar-refractivity contribution in [3.05, 3.63) is 71.9 Å². The number of nitrogens with one attached hydrogen (secondary N) is 1. The maximum absolute atomic E-state index is 13.4. The van der Waals surface area contributed by atoms with Crippen molar-refractivity contribution in [2.75, 3.05) is 24.4 Å². The lowest BCUT2D eigenvalue weighted by Crippen LogP contribution is -2.25. The number of anilines is 2. The molecule has 0 saturated heterocycles. The van der Waals surface area contributed by atoms with E-state index in [9.17, 15) is 9.59 Å². The molecule has 4 aromatic rings. The summed E-state index contributed by atoms with van der Waals surface area (Å²) in [5.41, 5.74) is 5.18. The first-order valence-corrected chi connectivity index (χ1v) is 11.0. The van der Waals surface area contributed by atoms with E-state index in [0.717, 1.165) is 11.1 Å². The van der Waals surface area contributed by atoms with Crippen molar-refractivity contribution in [3.63, 3.8) is 0 Å². The summed E-state index contributed by atoms with van der Waals surface area (Å²) in [4.78, 5) is 31.3. The van der Waals surface area contributed by atoms with E-state index in [4.69, 9.17) is 9.72 Å². The molecular weight excluding hydrogens is 430 g/mol. The third-order valence-corrected chi connectivity index (χ3v) is 5.61. The van der Waals surface area contributed by atoms with E-state index >= 15 is 0 Å².